The predicted molar refractivity (Wildman–Crippen MR) is 139 cm³/mol. The minimum absolute atomic E-state index is 0.111. The van der Waals surface area contributed by atoms with Gasteiger partial charge in [0.2, 0.25) is 5.91 Å². The van der Waals surface area contributed by atoms with E-state index < -0.39 is 0 Å². The molecule has 34 heavy (non-hydrogen) atoms. The van der Waals surface area contributed by atoms with E-state index in [0.29, 0.717) is 28.9 Å². The number of thiophene rings is 1. The zero-order chi connectivity index (χ0) is 24.3. The number of hydrogen-bond donors (Lipinski definition) is 1. The maximum absolute atomic E-state index is 12.9. The molecule has 0 saturated heterocycles. The van der Waals surface area contributed by atoms with Gasteiger partial charge in [-0.2, -0.15) is 5.26 Å². The Morgan fingerprint density at radius 3 is 2.74 bits per heavy atom. The van der Waals surface area contributed by atoms with E-state index in [9.17, 15) is 10.1 Å². The minimum atomic E-state index is -0.111. The highest BCUT2D eigenvalue weighted by Crippen LogP contribution is 2.44. The smallest absolute Gasteiger partial charge is 0.235 e. The van der Waals surface area contributed by atoms with Crippen LogP contribution in [0.5, 0.6) is 0 Å². The monoisotopic (exact) mass is 497 g/mol. The average molecular weight is 498 g/mol. The van der Waals surface area contributed by atoms with Gasteiger partial charge < -0.3 is 9.88 Å². The van der Waals surface area contributed by atoms with Crippen molar-refractivity contribution in [2.24, 2.45) is 11.3 Å². The van der Waals surface area contributed by atoms with Gasteiger partial charge in [0, 0.05) is 17.3 Å². The second-order valence-corrected chi connectivity index (χ2v) is 12.6. The third-order valence-corrected chi connectivity index (χ3v) is 9.35. The molecule has 0 aliphatic heterocycles. The van der Waals surface area contributed by atoms with Gasteiger partial charge in [-0.3, -0.25) is 4.79 Å². The first-order chi connectivity index (χ1) is 16.3. The number of carbonyl (C=O) groups excluding carboxylic acids is 1. The number of aromatic nitrogens is 3. The van der Waals surface area contributed by atoms with Gasteiger partial charge in [-0.05, 0) is 49.0 Å². The Bertz CT molecular complexity index is 1080. The first kappa shape index (κ1) is 25.0. The molecule has 0 bridgehead atoms. The van der Waals surface area contributed by atoms with Crippen LogP contribution in [-0.4, -0.2) is 26.4 Å². The fourth-order valence-electron chi connectivity index (χ4n) is 5.19. The molecule has 0 radical (unpaired) electrons. The van der Waals surface area contributed by atoms with Gasteiger partial charge in [0.1, 0.15) is 16.9 Å². The van der Waals surface area contributed by atoms with Crippen molar-refractivity contribution in [3.05, 3.63) is 34.5 Å². The third kappa shape index (κ3) is 5.41. The quantitative estimate of drug-likeness (QED) is 0.357. The standard InChI is InChI=1S/C26H35N5OS2/c1-5-13-31-23(17-9-7-6-8-10-17)29-30-25(31)33-16-22(32)28-24-20(15-27)19-12-11-18(26(2,3)4)14-21(19)34-24/h5,17-18H,1,6-14,16H2,2-4H3,(H,28,32). The van der Waals surface area contributed by atoms with Crippen LogP contribution >= 0.6 is 23.1 Å². The van der Waals surface area contributed by atoms with Crippen LogP contribution < -0.4 is 5.32 Å². The Hall–Kier alpha value is -2.11. The Kier molecular flexibility index (Phi) is 7.83. The number of rotatable bonds is 7. The molecule has 0 aromatic carbocycles. The number of nitrogens with zero attached hydrogens (tertiary/aromatic N) is 4. The summed E-state index contributed by atoms with van der Waals surface area (Å²) in [6.45, 7) is 11.4. The summed E-state index contributed by atoms with van der Waals surface area (Å²) in [4.78, 5) is 14.1. The molecule has 1 fully saturated rings. The van der Waals surface area contributed by atoms with Gasteiger partial charge in [0.15, 0.2) is 5.16 Å². The van der Waals surface area contributed by atoms with Crippen molar-refractivity contribution < 1.29 is 4.79 Å². The van der Waals surface area contributed by atoms with Crippen LogP contribution in [0.1, 0.15) is 87.0 Å². The Balaban J connectivity index is 1.43. The summed E-state index contributed by atoms with van der Waals surface area (Å²) in [5.74, 6) is 2.18. The predicted octanol–water partition coefficient (Wildman–Crippen LogP) is 6.33. The largest absolute Gasteiger partial charge is 0.316 e. The molecule has 1 saturated carbocycles. The molecule has 0 spiro atoms. The normalized spacial score (nSPS) is 18.8. The molecule has 1 amide bonds. The molecule has 1 N–H and O–H groups in total. The SMILES string of the molecule is C=CCn1c(SCC(=O)Nc2sc3c(c2C#N)CCC(C(C)(C)C)C3)nnc1C1CCCCC1. The maximum Gasteiger partial charge on any atom is 0.235 e. The van der Waals surface area contributed by atoms with Crippen molar-refractivity contribution >= 4 is 34.0 Å². The highest BCUT2D eigenvalue weighted by Gasteiger charge is 2.32. The first-order valence-corrected chi connectivity index (χ1v) is 14.1. The van der Waals surface area contributed by atoms with Crippen LogP contribution in [0.15, 0.2) is 17.8 Å². The van der Waals surface area contributed by atoms with Crippen LogP contribution in [-0.2, 0) is 24.2 Å². The van der Waals surface area contributed by atoms with Gasteiger partial charge in [-0.15, -0.1) is 28.1 Å². The summed E-state index contributed by atoms with van der Waals surface area (Å²) >= 11 is 2.98. The topological polar surface area (TPSA) is 83.6 Å². The molecule has 2 aliphatic carbocycles. The molecule has 182 valence electrons. The average Bonchev–Trinajstić information content (AvgIpc) is 3.37. The molecule has 2 aromatic rings. The number of nitriles is 1. The molecule has 1 unspecified atom stereocenters. The van der Waals surface area contributed by atoms with E-state index in [4.69, 9.17) is 0 Å². The van der Waals surface area contributed by atoms with Crippen molar-refractivity contribution in [1.82, 2.24) is 14.8 Å². The van der Waals surface area contributed by atoms with E-state index in [0.717, 1.165) is 48.6 Å². The van der Waals surface area contributed by atoms with E-state index in [1.807, 2.05) is 6.08 Å². The van der Waals surface area contributed by atoms with Crippen molar-refractivity contribution in [3.8, 4) is 6.07 Å². The van der Waals surface area contributed by atoms with Crippen LogP contribution in [0, 0.1) is 22.7 Å². The highest BCUT2D eigenvalue weighted by molar-refractivity contribution is 7.99. The molecular formula is C26H35N5OS2. The molecular weight excluding hydrogens is 462 g/mol. The van der Waals surface area contributed by atoms with Gasteiger partial charge in [-0.25, -0.2) is 0 Å². The first-order valence-electron chi connectivity index (χ1n) is 12.3. The van der Waals surface area contributed by atoms with Gasteiger partial charge in [0.25, 0.3) is 0 Å². The fraction of sp³-hybridized carbons (Fsp3) is 0.615. The lowest BCUT2D eigenvalue weighted by Gasteiger charge is -2.33. The zero-order valence-electron chi connectivity index (χ0n) is 20.5. The van der Waals surface area contributed by atoms with Gasteiger partial charge in [0.05, 0.1) is 11.3 Å². The van der Waals surface area contributed by atoms with Crippen molar-refractivity contribution in [3.63, 3.8) is 0 Å². The third-order valence-electron chi connectivity index (χ3n) is 7.21. The molecule has 2 aromatic heterocycles. The molecule has 1 atom stereocenters. The number of anilines is 1. The maximum atomic E-state index is 12.9. The Labute approximate surface area is 211 Å². The summed E-state index contributed by atoms with van der Waals surface area (Å²) in [6, 6.07) is 2.35. The second kappa shape index (κ2) is 10.7. The van der Waals surface area contributed by atoms with E-state index in [2.05, 4.69) is 53.5 Å². The summed E-state index contributed by atoms with van der Waals surface area (Å²) in [5, 5.41) is 23.2. The highest BCUT2D eigenvalue weighted by atomic mass is 32.2. The van der Waals surface area contributed by atoms with Crippen molar-refractivity contribution in [2.45, 2.75) is 89.8 Å². The molecule has 8 heteroatoms. The second-order valence-electron chi connectivity index (χ2n) is 10.5. The molecule has 4 rings (SSSR count). The zero-order valence-corrected chi connectivity index (χ0v) is 22.2. The lowest BCUT2D eigenvalue weighted by molar-refractivity contribution is -0.113. The van der Waals surface area contributed by atoms with Crippen molar-refractivity contribution in [1.29, 1.82) is 5.26 Å². The Morgan fingerprint density at radius 2 is 2.06 bits per heavy atom. The molecule has 2 aliphatic rings. The van der Waals surface area contributed by atoms with Crippen LogP contribution in [0.2, 0.25) is 0 Å². The van der Waals surface area contributed by atoms with Gasteiger partial charge in [-0.1, -0.05) is 57.9 Å². The van der Waals surface area contributed by atoms with Crippen molar-refractivity contribution in [2.75, 3.05) is 11.1 Å². The van der Waals surface area contributed by atoms with Crippen LogP contribution in [0.3, 0.4) is 0 Å². The number of allylic oxidation sites excluding steroid dienone is 1. The number of hydrogen-bond acceptors (Lipinski definition) is 6. The number of fused-ring (bicyclic) bond motifs is 1. The van der Waals surface area contributed by atoms with E-state index in [-0.39, 0.29) is 17.1 Å². The number of thioether (sulfide) groups is 1. The van der Waals surface area contributed by atoms with Crippen LogP contribution in [0.4, 0.5) is 5.00 Å². The fourth-order valence-corrected chi connectivity index (χ4v) is 7.24. The van der Waals surface area contributed by atoms with E-state index in [1.54, 1.807) is 11.3 Å². The number of nitrogens with one attached hydrogen (secondary N) is 1. The summed E-state index contributed by atoms with van der Waals surface area (Å²) < 4.78 is 2.11. The van der Waals surface area contributed by atoms with E-state index >= 15 is 0 Å². The summed E-state index contributed by atoms with van der Waals surface area (Å²) in [6.07, 6.45) is 10.9. The minimum Gasteiger partial charge on any atom is -0.316 e. The number of carbonyl (C=O) groups is 1. The van der Waals surface area contributed by atoms with E-state index in [1.165, 1.54) is 35.9 Å². The number of amides is 1. The Morgan fingerprint density at radius 1 is 1.29 bits per heavy atom. The molecule has 6 nitrogen and oxygen atoms in total. The lowest BCUT2D eigenvalue weighted by atomic mass is 9.72. The van der Waals surface area contributed by atoms with Gasteiger partial charge >= 0.3 is 0 Å². The summed E-state index contributed by atoms with van der Waals surface area (Å²) in [7, 11) is 0. The lowest BCUT2D eigenvalue weighted by Crippen LogP contribution is -2.26. The van der Waals surface area contributed by atoms with Crippen LogP contribution in [0.25, 0.3) is 0 Å². The molecule has 2 heterocycles. The summed E-state index contributed by atoms with van der Waals surface area (Å²) in [5.41, 5.74) is 2.03.